The summed E-state index contributed by atoms with van der Waals surface area (Å²) in [6, 6.07) is 7.65. The van der Waals surface area contributed by atoms with Crippen molar-refractivity contribution in [1.82, 2.24) is 10.2 Å². The number of likely N-dealkylation sites (tertiary alicyclic amines) is 1. The maximum Gasteiger partial charge on any atom is 0.328 e. The number of nitrogens with zero attached hydrogens (tertiary/aromatic N) is 2. The molecule has 39 heavy (non-hydrogen) atoms. The van der Waals surface area contributed by atoms with Crippen LogP contribution in [0.15, 0.2) is 30.3 Å². The van der Waals surface area contributed by atoms with E-state index in [4.69, 9.17) is 14.2 Å². The molecule has 216 valence electrons. The van der Waals surface area contributed by atoms with Crippen molar-refractivity contribution in [3.63, 3.8) is 0 Å². The van der Waals surface area contributed by atoms with Crippen LogP contribution in [0, 0.1) is 16.0 Å². The van der Waals surface area contributed by atoms with Gasteiger partial charge in [-0.25, -0.2) is 4.79 Å². The average molecular weight is 550 g/mol. The third-order valence-electron chi connectivity index (χ3n) is 7.22. The molecule has 12 nitrogen and oxygen atoms in total. The lowest BCUT2D eigenvalue weighted by Crippen LogP contribution is -2.55. The molecule has 3 rings (SSSR count). The van der Waals surface area contributed by atoms with E-state index in [9.17, 15) is 24.5 Å². The molecule has 1 aromatic rings. The van der Waals surface area contributed by atoms with Gasteiger partial charge in [0.25, 0.3) is 5.09 Å². The van der Waals surface area contributed by atoms with Crippen molar-refractivity contribution in [1.29, 1.82) is 0 Å². The summed E-state index contributed by atoms with van der Waals surface area (Å²) in [6.07, 6.45) is 4.40. The van der Waals surface area contributed by atoms with Crippen molar-refractivity contribution < 1.29 is 38.5 Å². The van der Waals surface area contributed by atoms with Gasteiger partial charge in [0.05, 0.1) is 25.9 Å². The summed E-state index contributed by atoms with van der Waals surface area (Å²) in [5.74, 6) is -0.921. The van der Waals surface area contributed by atoms with Gasteiger partial charge < -0.3 is 23.9 Å². The van der Waals surface area contributed by atoms with Crippen LogP contribution in [-0.4, -0.2) is 85.0 Å². The summed E-state index contributed by atoms with van der Waals surface area (Å²) < 4.78 is 15.8. The van der Waals surface area contributed by atoms with Crippen LogP contribution in [0.2, 0.25) is 0 Å². The van der Waals surface area contributed by atoms with Gasteiger partial charge in [0.15, 0.2) is 0 Å². The number of carbonyl (C=O) groups excluding carboxylic acids is 3. The number of rotatable bonds is 16. The molecule has 1 heterocycles. The normalized spacial score (nSPS) is 21.6. The Kier molecular flexibility index (Phi) is 11.9. The Labute approximate surface area is 228 Å². The molecule has 1 aliphatic carbocycles. The van der Waals surface area contributed by atoms with Crippen molar-refractivity contribution in [2.75, 3.05) is 33.0 Å². The minimum atomic E-state index is -0.903. The SMILES string of the molecule is CCOC(=O)C(CCc1ccccc1)NC(C)C(=O)N1C(C(=O)OCCOCCO[N+](=O)[O-])CC2CCCC21. The predicted molar refractivity (Wildman–Crippen MR) is 139 cm³/mol. The van der Waals surface area contributed by atoms with E-state index < -0.39 is 35.2 Å². The minimum absolute atomic E-state index is 0.00813. The average Bonchev–Trinajstić information content (AvgIpc) is 3.52. The highest BCUT2D eigenvalue weighted by atomic mass is 17.0. The lowest BCUT2D eigenvalue weighted by molar-refractivity contribution is -0.758. The van der Waals surface area contributed by atoms with Crippen LogP contribution >= 0.6 is 0 Å². The first-order chi connectivity index (χ1) is 18.8. The fourth-order valence-electron chi connectivity index (χ4n) is 5.45. The standard InChI is InChI=1S/C27H39N3O9/c1-3-37-26(32)22(13-12-20-8-5-4-6-9-20)28-19(2)25(31)29-23-11-7-10-21(23)18-24(29)27(33)38-16-14-36-15-17-39-30(34)35/h4-6,8-9,19,21-24,28H,3,7,10-18H2,1-2H3. The van der Waals surface area contributed by atoms with Gasteiger partial charge >= 0.3 is 11.9 Å². The van der Waals surface area contributed by atoms with Gasteiger partial charge in [-0.2, -0.15) is 0 Å². The first kappa shape index (κ1) is 30.3. The van der Waals surface area contributed by atoms with E-state index >= 15 is 0 Å². The smallest absolute Gasteiger partial charge is 0.328 e. The van der Waals surface area contributed by atoms with Crippen LogP contribution in [0.4, 0.5) is 0 Å². The second kappa shape index (κ2) is 15.4. The molecule has 1 N–H and O–H groups in total. The molecular formula is C27H39N3O9. The highest BCUT2D eigenvalue weighted by molar-refractivity contribution is 5.89. The fourth-order valence-corrected chi connectivity index (χ4v) is 5.45. The highest BCUT2D eigenvalue weighted by Crippen LogP contribution is 2.42. The molecular weight excluding hydrogens is 510 g/mol. The summed E-state index contributed by atoms with van der Waals surface area (Å²) in [7, 11) is 0. The molecule has 1 saturated heterocycles. The number of hydrogen-bond acceptors (Lipinski definition) is 10. The third kappa shape index (κ3) is 8.89. The van der Waals surface area contributed by atoms with E-state index in [1.807, 2.05) is 30.3 Å². The zero-order valence-electron chi connectivity index (χ0n) is 22.6. The zero-order chi connectivity index (χ0) is 28.2. The van der Waals surface area contributed by atoms with E-state index in [0.717, 1.165) is 24.8 Å². The van der Waals surface area contributed by atoms with Crippen LogP contribution < -0.4 is 5.32 Å². The molecule has 0 radical (unpaired) electrons. The third-order valence-corrected chi connectivity index (χ3v) is 7.22. The van der Waals surface area contributed by atoms with E-state index in [0.29, 0.717) is 19.3 Å². The Morgan fingerprint density at radius 2 is 1.85 bits per heavy atom. The summed E-state index contributed by atoms with van der Waals surface area (Å²) in [5, 5.41) is 12.4. The minimum Gasteiger partial charge on any atom is -0.465 e. The maximum absolute atomic E-state index is 13.7. The van der Waals surface area contributed by atoms with Crippen molar-refractivity contribution in [2.24, 2.45) is 5.92 Å². The zero-order valence-corrected chi connectivity index (χ0v) is 22.6. The second-order valence-corrected chi connectivity index (χ2v) is 9.81. The Hall–Kier alpha value is -3.25. The lowest BCUT2D eigenvalue weighted by Gasteiger charge is -2.32. The van der Waals surface area contributed by atoms with Crippen molar-refractivity contribution >= 4 is 17.8 Å². The first-order valence-electron chi connectivity index (χ1n) is 13.6. The van der Waals surface area contributed by atoms with Gasteiger partial charge in [-0.15, -0.1) is 10.1 Å². The van der Waals surface area contributed by atoms with Crippen molar-refractivity contribution in [3.05, 3.63) is 46.0 Å². The number of carbonyl (C=O) groups is 3. The molecule has 2 fully saturated rings. The maximum atomic E-state index is 13.7. The second-order valence-electron chi connectivity index (χ2n) is 9.81. The summed E-state index contributed by atoms with van der Waals surface area (Å²) in [6.45, 7) is 3.49. The van der Waals surface area contributed by atoms with E-state index in [1.54, 1.807) is 18.7 Å². The number of nitrogens with one attached hydrogen (secondary N) is 1. The first-order valence-corrected chi connectivity index (χ1v) is 13.6. The van der Waals surface area contributed by atoms with Gasteiger partial charge in [-0.3, -0.25) is 14.9 Å². The molecule has 2 aliphatic rings. The number of fused-ring (bicyclic) bond motifs is 1. The Morgan fingerprint density at radius 3 is 2.56 bits per heavy atom. The van der Waals surface area contributed by atoms with Gasteiger partial charge in [0, 0.05) is 6.04 Å². The number of ether oxygens (including phenoxy) is 3. The van der Waals surface area contributed by atoms with E-state index in [2.05, 4.69) is 10.2 Å². The highest BCUT2D eigenvalue weighted by Gasteiger charge is 2.50. The van der Waals surface area contributed by atoms with E-state index in [1.165, 1.54) is 0 Å². The predicted octanol–water partition coefficient (Wildman–Crippen LogP) is 2.07. The molecule has 5 unspecified atom stereocenters. The van der Waals surface area contributed by atoms with Crippen LogP contribution in [0.3, 0.4) is 0 Å². The molecule has 1 aliphatic heterocycles. The molecule has 1 amide bonds. The van der Waals surface area contributed by atoms with Crippen LogP contribution in [-0.2, 0) is 39.9 Å². The molecule has 12 heteroatoms. The number of esters is 2. The Balaban J connectivity index is 1.58. The molecule has 1 saturated carbocycles. The molecule has 0 aromatic heterocycles. The Morgan fingerprint density at radius 1 is 1.10 bits per heavy atom. The number of aryl methyl sites for hydroxylation is 1. The molecule has 0 spiro atoms. The Bertz CT molecular complexity index is 961. The fraction of sp³-hybridized carbons (Fsp3) is 0.667. The van der Waals surface area contributed by atoms with Gasteiger partial charge in [0.2, 0.25) is 5.91 Å². The molecule has 1 aromatic carbocycles. The number of amides is 1. The lowest BCUT2D eigenvalue weighted by atomic mass is 10.0. The quantitative estimate of drug-likeness (QED) is 0.141. The largest absolute Gasteiger partial charge is 0.465 e. The molecule has 0 bridgehead atoms. The van der Waals surface area contributed by atoms with Gasteiger partial charge in [-0.1, -0.05) is 36.8 Å². The summed E-state index contributed by atoms with van der Waals surface area (Å²) in [4.78, 5) is 55.4. The summed E-state index contributed by atoms with van der Waals surface area (Å²) >= 11 is 0. The van der Waals surface area contributed by atoms with Crippen LogP contribution in [0.1, 0.15) is 51.5 Å². The van der Waals surface area contributed by atoms with E-state index in [-0.39, 0.29) is 50.9 Å². The summed E-state index contributed by atoms with van der Waals surface area (Å²) in [5.41, 5.74) is 1.08. The van der Waals surface area contributed by atoms with Gasteiger partial charge in [0.1, 0.15) is 25.3 Å². The van der Waals surface area contributed by atoms with Crippen LogP contribution in [0.5, 0.6) is 0 Å². The monoisotopic (exact) mass is 549 g/mol. The van der Waals surface area contributed by atoms with Crippen molar-refractivity contribution in [2.45, 2.75) is 76.5 Å². The van der Waals surface area contributed by atoms with Crippen molar-refractivity contribution in [3.8, 4) is 0 Å². The topological polar surface area (TPSA) is 147 Å². The number of benzene rings is 1. The van der Waals surface area contributed by atoms with Gasteiger partial charge in [-0.05, 0) is 57.4 Å². The number of hydrogen-bond donors (Lipinski definition) is 1. The molecule has 5 atom stereocenters. The van der Waals surface area contributed by atoms with Crippen LogP contribution in [0.25, 0.3) is 0 Å².